The summed E-state index contributed by atoms with van der Waals surface area (Å²) in [5.41, 5.74) is 0.328. The third kappa shape index (κ3) is 4.03. The number of aryl methyl sites for hydroxylation is 2. The van der Waals surface area contributed by atoms with Crippen molar-refractivity contribution >= 4 is 11.6 Å². The molecule has 1 heterocycles. The number of halogens is 1. The van der Waals surface area contributed by atoms with Gasteiger partial charge >= 0.3 is 0 Å². The number of nitrogens with zero attached hydrogens (tertiary/aromatic N) is 3. The molecule has 0 aliphatic carbocycles. The van der Waals surface area contributed by atoms with E-state index in [1.807, 2.05) is 13.8 Å². The summed E-state index contributed by atoms with van der Waals surface area (Å²) in [5.74, 6) is 0. The van der Waals surface area contributed by atoms with Gasteiger partial charge in [0.1, 0.15) is 5.54 Å². The van der Waals surface area contributed by atoms with Crippen LogP contribution in [0.2, 0.25) is 5.02 Å². The van der Waals surface area contributed by atoms with E-state index < -0.39 is 5.54 Å². The second-order valence-electron chi connectivity index (χ2n) is 4.45. The smallest absolute Gasteiger partial charge is 0.105 e. The Hall–Kier alpha value is -1.05. The molecule has 1 N–H and O–H groups in total. The van der Waals surface area contributed by atoms with Crippen LogP contribution >= 0.6 is 11.6 Å². The zero-order valence-electron chi connectivity index (χ0n) is 10.6. The first-order valence-electron chi connectivity index (χ1n) is 5.86. The maximum atomic E-state index is 9.18. The van der Waals surface area contributed by atoms with Crippen LogP contribution in [0.3, 0.4) is 0 Å². The highest BCUT2D eigenvalue weighted by atomic mass is 35.5. The van der Waals surface area contributed by atoms with Crippen LogP contribution in [0.15, 0.2) is 6.20 Å². The van der Waals surface area contributed by atoms with Gasteiger partial charge in [0.05, 0.1) is 16.8 Å². The Kier molecular flexibility index (Phi) is 4.98. The van der Waals surface area contributed by atoms with Crippen LogP contribution in [-0.2, 0) is 6.54 Å². The summed E-state index contributed by atoms with van der Waals surface area (Å²) >= 11 is 5.93. The highest BCUT2D eigenvalue weighted by Crippen LogP contribution is 2.15. The lowest BCUT2D eigenvalue weighted by molar-refractivity contribution is 0.382. The van der Waals surface area contributed by atoms with Gasteiger partial charge in [-0.2, -0.15) is 10.4 Å². The minimum Gasteiger partial charge on any atom is -0.300 e. The molecule has 0 saturated carbocycles. The van der Waals surface area contributed by atoms with Crippen molar-refractivity contribution in [1.29, 1.82) is 5.26 Å². The molecule has 0 radical (unpaired) electrons. The number of aromatic nitrogens is 2. The van der Waals surface area contributed by atoms with Crippen molar-refractivity contribution in [3.05, 3.63) is 16.9 Å². The lowest BCUT2D eigenvalue weighted by Crippen LogP contribution is -2.42. The third-order valence-electron chi connectivity index (χ3n) is 2.74. The van der Waals surface area contributed by atoms with Crippen molar-refractivity contribution in [2.24, 2.45) is 0 Å². The molecule has 0 saturated heterocycles. The molecular formula is C12H19ClN4. The summed E-state index contributed by atoms with van der Waals surface area (Å²) in [5, 5.41) is 17.4. The number of rotatable bonds is 6. The predicted molar refractivity (Wildman–Crippen MR) is 68.9 cm³/mol. The molecule has 0 bridgehead atoms. The summed E-state index contributed by atoms with van der Waals surface area (Å²) in [6.07, 6.45) is 3.53. The summed E-state index contributed by atoms with van der Waals surface area (Å²) in [4.78, 5) is 0. The van der Waals surface area contributed by atoms with Crippen LogP contribution in [-0.4, -0.2) is 21.9 Å². The van der Waals surface area contributed by atoms with Gasteiger partial charge < -0.3 is 0 Å². The van der Waals surface area contributed by atoms with Gasteiger partial charge in [-0.15, -0.1) is 0 Å². The number of hydrogen-bond acceptors (Lipinski definition) is 3. The zero-order chi connectivity index (χ0) is 12.9. The largest absolute Gasteiger partial charge is 0.300 e. The van der Waals surface area contributed by atoms with Crippen LogP contribution in [0, 0.1) is 18.3 Å². The molecule has 1 atom stereocenters. The molecule has 1 unspecified atom stereocenters. The summed E-state index contributed by atoms with van der Waals surface area (Å²) in [7, 11) is 0. The first-order chi connectivity index (χ1) is 8.00. The number of nitriles is 1. The average Bonchev–Trinajstić information content (AvgIpc) is 2.64. The molecule has 5 heteroatoms. The molecule has 1 rings (SSSR count). The molecule has 1 aromatic rings. The Morgan fingerprint density at radius 1 is 1.65 bits per heavy atom. The van der Waals surface area contributed by atoms with E-state index in [1.165, 1.54) is 0 Å². The molecule has 0 aliphatic rings. The summed E-state index contributed by atoms with van der Waals surface area (Å²) in [6, 6.07) is 2.32. The van der Waals surface area contributed by atoms with E-state index in [1.54, 1.807) is 10.9 Å². The first-order valence-corrected chi connectivity index (χ1v) is 6.24. The van der Waals surface area contributed by atoms with Crippen molar-refractivity contribution in [3.63, 3.8) is 0 Å². The normalized spacial score (nSPS) is 14.3. The van der Waals surface area contributed by atoms with Crippen molar-refractivity contribution in [1.82, 2.24) is 15.1 Å². The van der Waals surface area contributed by atoms with E-state index in [-0.39, 0.29) is 0 Å². The maximum Gasteiger partial charge on any atom is 0.105 e. The number of nitrogens with one attached hydrogen (secondary N) is 1. The molecule has 0 aromatic carbocycles. The fourth-order valence-corrected chi connectivity index (χ4v) is 1.68. The Labute approximate surface area is 108 Å². The van der Waals surface area contributed by atoms with E-state index in [9.17, 15) is 5.26 Å². The fraction of sp³-hybridized carbons (Fsp3) is 0.667. The van der Waals surface area contributed by atoms with Gasteiger partial charge in [0.15, 0.2) is 0 Å². The second kappa shape index (κ2) is 6.04. The van der Waals surface area contributed by atoms with Crippen LogP contribution < -0.4 is 5.32 Å². The Morgan fingerprint density at radius 3 is 2.82 bits per heavy atom. The topological polar surface area (TPSA) is 53.6 Å². The zero-order valence-corrected chi connectivity index (χ0v) is 11.4. The standard InChI is InChI=1S/C12H19ClN4/c1-4-6-15-12(3,9-14)5-7-17-8-11(13)10(2)16-17/h8,15H,4-7H2,1-3H3. The van der Waals surface area contributed by atoms with Crippen LogP contribution in [0.1, 0.15) is 32.4 Å². The highest BCUT2D eigenvalue weighted by molar-refractivity contribution is 6.31. The van der Waals surface area contributed by atoms with Crippen LogP contribution in [0.25, 0.3) is 0 Å². The molecule has 94 valence electrons. The minimum atomic E-state index is -0.498. The van der Waals surface area contributed by atoms with Gasteiger partial charge in [0.25, 0.3) is 0 Å². The van der Waals surface area contributed by atoms with Crippen molar-refractivity contribution in [3.8, 4) is 6.07 Å². The molecule has 0 aliphatic heterocycles. The molecular weight excluding hydrogens is 236 g/mol. The fourth-order valence-electron chi connectivity index (χ4n) is 1.53. The van der Waals surface area contributed by atoms with E-state index >= 15 is 0 Å². The van der Waals surface area contributed by atoms with E-state index in [2.05, 4.69) is 23.4 Å². The Balaban J connectivity index is 2.56. The molecule has 0 spiro atoms. The highest BCUT2D eigenvalue weighted by Gasteiger charge is 2.22. The SMILES string of the molecule is CCCNC(C)(C#N)CCn1cc(Cl)c(C)n1. The molecule has 0 amide bonds. The van der Waals surface area contributed by atoms with E-state index in [4.69, 9.17) is 11.6 Å². The first kappa shape index (κ1) is 14.0. The maximum absolute atomic E-state index is 9.18. The molecule has 4 nitrogen and oxygen atoms in total. The second-order valence-corrected chi connectivity index (χ2v) is 4.85. The lowest BCUT2D eigenvalue weighted by atomic mass is 10.00. The van der Waals surface area contributed by atoms with E-state index in [0.717, 1.165) is 18.7 Å². The molecule has 17 heavy (non-hydrogen) atoms. The quantitative estimate of drug-likeness (QED) is 0.849. The van der Waals surface area contributed by atoms with Crippen molar-refractivity contribution in [2.45, 2.75) is 45.7 Å². The van der Waals surface area contributed by atoms with Gasteiger partial charge in [0.2, 0.25) is 0 Å². The average molecular weight is 255 g/mol. The minimum absolute atomic E-state index is 0.498. The van der Waals surface area contributed by atoms with Crippen LogP contribution in [0.5, 0.6) is 0 Å². The Bertz CT molecular complexity index is 388. The summed E-state index contributed by atoms with van der Waals surface area (Å²) < 4.78 is 1.79. The monoisotopic (exact) mass is 254 g/mol. The predicted octanol–water partition coefficient (Wildman–Crippen LogP) is 2.52. The van der Waals surface area contributed by atoms with E-state index in [0.29, 0.717) is 18.0 Å². The lowest BCUT2D eigenvalue weighted by Gasteiger charge is -2.22. The van der Waals surface area contributed by atoms with Crippen LogP contribution in [0.4, 0.5) is 0 Å². The van der Waals surface area contributed by atoms with Gasteiger partial charge in [-0.25, -0.2) is 0 Å². The molecule has 1 aromatic heterocycles. The van der Waals surface area contributed by atoms with Gasteiger partial charge in [-0.3, -0.25) is 10.00 Å². The van der Waals surface area contributed by atoms with Crippen molar-refractivity contribution < 1.29 is 0 Å². The Morgan fingerprint density at radius 2 is 2.35 bits per heavy atom. The third-order valence-corrected chi connectivity index (χ3v) is 3.11. The molecule has 0 fully saturated rings. The van der Waals surface area contributed by atoms with Crippen molar-refractivity contribution in [2.75, 3.05) is 6.54 Å². The van der Waals surface area contributed by atoms with Gasteiger partial charge in [0, 0.05) is 12.7 Å². The van der Waals surface area contributed by atoms with Gasteiger partial charge in [-0.05, 0) is 33.2 Å². The number of hydrogen-bond donors (Lipinski definition) is 1. The van der Waals surface area contributed by atoms with Gasteiger partial charge in [-0.1, -0.05) is 18.5 Å². The summed E-state index contributed by atoms with van der Waals surface area (Å²) in [6.45, 7) is 7.41.